The van der Waals surface area contributed by atoms with Crippen molar-refractivity contribution in [1.82, 2.24) is 5.32 Å². The molecule has 2 heterocycles. The molecule has 0 bridgehead atoms. The summed E-state index contributed by atoms with van der Waals surface area (Å²) in [6, 6.07) is 3.00. The highest BCUT2D eigenvalue weighted by Gasteiger charge is 2.40. The van der Waals surface area contributed by atoms with Gasteiger partial charge in [0.2, 0.25) is 0 Å². The predicted molar refractivity (Wildman–Crippen MR) is 89.6 cm³/mol. The van der Waals surface area contributed by atoms with Gasteiger partial charge in [-0.15, -0.1) is 23.5 Å². The monoisotopic (exact) mass is 391 g/mol. The molecule has 1 aromatic rings. The largest absolute Gasteiger partial charge is 0.478 e. The van der Waals surface area contributed by atoms with E-state index < -0.39 is 29.4 Å². The van der Waals surface area contributed by atoms with Gasteiger partial charge in [0, 0.05) is 32.7 Å². The van der Waals surface area contributed by atoms with Gasteiger partial charge in [-0.2, -0.15) is 13.2 Å². The minimum Gasteiger partial charge on any atom is -0.478 e. The number of alkyl halides is 3. The van der Waals surface area contributed by atoms with E-state index in [0.717, 1.165) is 11.8 Å². The number of thioether (sulfide) groups is 2. The van der Waals surface area contributed by atoms with E-state index >= 15 is 0 Å². The Morgan fingerprint density at radius 2 is 2.08 bits per heavy atom. The molecule has 2 aliphatic heterocycles. The van der Waals surface area contributed by atoms with E-state index in [4.69, 9.17) is 0 Å². The summed E-state index contributed by atoms with van der Waals surface area (Å²) in [7, 11) is 0. The second-order valence-electron chi connectivity index (χ2n) is 5.56. The molecule has 0 radical (unpaired) electrons. The van der Waals surface area contributed by atoms with Crippen molar-refractivity contribution in [2.75, 3.05) is 10.8 Å². The minimum atomic E-state index is -4.85. The molecular formula is C16H13F4NO2S2. The molecule has 0 aromatic heterocycles. The molecule has 3 rings (SSSR count). The predicted octanol–water partition coefficient (Wildman–Crippen LogP) is 4.54. The smallest absolute Gasteiger partial charge is 0.419 e. The maximum absolute atomic E-state index is 14.7. The fraction of sp³-hybridized carbons (Fsp3) is 0.312. The van der Waals surface area contributed by atoms with Gasteiger partial charge in [-0.05, 0) is 13.0 Å². The van der Waals surface area contributed by atoms with Crippen LogP contribution >= 0.6 is 23.5 Å². The summed E-state index contributed by atoms with van der Waals surface area (Å²) < 4.78 is 53.9. The molecule has 0 fully saturated rings. The van der Waals surface area contributed by atoms with E-state index in [9.17, 15) is 27.5 Å². The molecule has 0 spiro atoms. The molecule has 1 unspecified atom stereocenters. The number of nitrogens with one attached hydrogen (secondary N) is 1. The van der Waals surface area contributed by atoms with Crippen LogP contribution in [0.4, 0.5) is 17.6 Å². The van der Waals surface area contributed by atoms with E-state index in [2.05, 4.69) is 5.32 Å². The number of hydrogen-bond donors (Lipinski definition) is 2. The van der Waals surface area contributed by atoms with Gasteiger partial charge in [0.15, 0.2) is 0 Å². The van der Waals surface area contributed by atoms with Crippen molar-refractivity contribution in [1.29, 1.82) is 0 Å². The molecule has 134 valence electrons. The van der Waals surface area contributed by atoms with Crippen molar-refractivity contribution >= 4 is 29.5 Å². The van der Waals surface area contributed by atoms with Crippen LogP contribution in [0, 0.1) is 5.82 Å². The van der Waals surface area contributed by atoms with Gasteiger partial charge in [-0.3, -0.25) is 0 Å². The normalized spacial score (nSPS) is 21.1. The van der Waals surface area contributed by atoms with Gasteiger partial charge in [0.05, 0.1) is 17.1 Å². The maximum atomic E-state index is 14.7. The fourth-order valence-electron chi connectivity index (χ4n) is 2.98. The zero-order valence-electron chi connectivity index (χ0n) is 12.9. The zero-order chi connectivity index (χ0) is 18.4. The van der Waals surface area contributed by atoms with Gasteiger partial charge in [0.25, 0.3) is 0 Å². The maximum Gasteiger partial charge on any atom is 0.419 e. The number of allylic oxidation sites excluding steroid dienone is 2. The summed E-state index contributed by atoms with van der Waals surface area (Å²) in [5.41, 5.74) is -0.735. The van der Waals surface area contributed by atoms with E-state index in [1.54, 1.807) is 11.8 Å². The van der Waals surface area contributed by atoms with Crippen LogP contribution in [0.15, 0.2) is 40.1 Å². The van der Waals surface area contributed by atoms with Gasteiger partial charge < -0.3 is 10.4 Å². The average Bonchev–Trinajstić information content (AvgIpc) is 2.52. The molecule has 2 aliphatic rings. The summed E-state index contributed by atoms with van der Waals surface area (Å²) in [5, 5.41) is 13.2. The highest BCUT2D eigenvalue weighted by atomic mass is 32.2. The van der Waals surface area contributed by atoms with Crippen LogP contribution in [-0.4, -0.2) is 21.9 Å². The quantitative estimate of drug-likeness (QED) is 0.725. The Kier molecular flexibility index (Phi) is 4.80. The van der Waals surface area contributed by atoms with Crippen molar-refractivity contribution < 1.29 is 27.5 Å². The first-order valence-corrected chi connectivity index (χ1v) is 9.36. The lowest BCUT2D eigenvalue weighted by atomic mass is 9.85. The lowest BCUT2D eigenvalue weighted by molar-refractivity contribution is -0.140. The lowest BCUT2D eigenvalue weighted by Gasteiger charge is -2.34. The Bertz CT molecular complexity index is 802. The summed E-state index contributed by atoms with van der Waals surface area (Å²) in [6.45, 7) is 1.54. The fourth-order valence-corrected chi connectivity index (χ4v) is 5.38. The van der Waals surface area contributed by atoms with E-state index in [-0.39, 0.29) is 11.1 Å². The van der Waals surface area contributed by atoms with Gasteiger partial charge in [-0.1, -0.05) is 12.1 Å². The summed E-state index contributed by atoms with van der Waals surface area (Å²) in [5.74, 6) is -3.18. The Morgan fingerprint density at radius 1 is 1.36 bits per heavy atom. The molecular weight excluding hydrogens is 378 g/mol. The Morgan fingerprint density at radius 3 is 2.72 bits per heavy atom. The number of aliphatic carboxylic acids is 1. The van der Waals surface area contributed by atoms with E-state index in [1.165, 1.54) is 24.8 Å². The van der Waals surface area contributed by atoms with Crippen molar-refractivity contribution in [3.8, 4) is 0 Å². The van der Waals surface area contributed by atoms with Crippen molar-refractivity contribution in [2.45, 2.75) is 19.0 Å². The van der Waals surface area contributed by atoms with E-state index in [1.807, 2.05) is 0 Å². The first-order valence-electron chi connectivity index (χ1n) is 7.22. The molecule has 0 saturated carbocycles. The summed E-state index contributed by atoms with van der Waals surface area (Å²) in [6.07, 6.45) is -4.85. The zero-order valence-corrected chi connectivity index (χ0v) is 14.5. The third-order valence-corrected chi connectivity index (χ3v) is 6.43. The Labute approximate surface area is 149 Å². The van der Waals surface area contributed by atoms with Crippen LogP contribution in [0.1, 0.15) is 24.0 Å². The van der Waals surface area contributed by atoms with E-state index in [0.29, 0.717) is 27.5 Å². The Balaban J connectivity index is 2.22. The molecule has 0 saturated heterocycles. The van der Waals surface area contributed by atoms with Crippen LogP contribution in [0.25, 0.3) is 0 Å². The minimum absolute atomic E-state index is 0.128. The topological polar surface area (TPSA) is 49.3 Å². The summed E-state index contributed by atoms with van der Waals surface area (Å²) >= 11 is 2.93. The second kappa shape index (κ2) is 6.60. The molecule has 25 heavy (non-hydrogen) atoms. The van der Waals surface area contributed by atoms with Crippen molar-refractivity contribution in [3.05, 3.63) is 57.0 Å². The number of benzene rings is 1. The van der Waals surface area contributed by atoms with Crippen LogP contribution < -0.4 is 5.32 Å². The first kappa shape index (κ1) is 18.2. The van der Waals surface area contributed by atoms with Gasteiger partial charge in [-0.25, -0.2) is 9.18 Å². The van der Waals surface area contributed by atoms with Crippen LogP contribution in [0.5, 0.6) is 0 Å². The SMILES string of the molecule is CC1=C(C(=O)O)C(c2cccc(C(F)(F)F)c2F)C2=C(CSCS2)N1. The van der Waals surface area contributed by atoms with Crippen molar-refractivity contribution in [2.24, 2.45) is 0 Å². The molecule has 0 amide bonds. The van der Waals surface area contributed by atoms with Gasteiger partial charge in [0.1, 0.15) is 5.82 Å². The van der Waals surface area contributed by atoms with Crippen LogP contribution in [-0.2, 0) is 11.0 Å². The number of rotatable bonds is 2. The third-order valence-electron chi connectivity index (χ3n) is 4.01. The average molecular weight is 391 g/mol. The number of dihydropyridines is 1. The number of halogens is 4. The first-order chi connectivity index (χ1) is 11.7. The van der Waals surface area contributed by atoms with Gasteiger partial charge >= 0.3 is 12.1 Å². The lowest BCUT2D eigenvalue weighted by Crippen LogP contribution is -2.31. The van der Waals surface area contributed by atoms with Crippen LogP contribution in [0.2, 0.25) is 0 Å². The third kappa shape index (κ3) is 3.27. The molecule has 9 heteroatoms. The molecule has 2 N–H and O–H groups in total. The Hall–Kier alpha value is -1.61. The molecule has 3 nitrogen and oxygen atoms in total. The van der Waals surface area contributed by atoms with Crippen molar-refractivity contribution in [3.63, 3.8) is 0 Å². The highest BCUT2D eigenvalue weighted by molar-refractivity contribution is 8.18. The number of carbonyl (C=O) groups is 1. The number of carboxylic acids is 1. The molecule has 0 aliphatic carbocycles. The number of carboxylic acid groups (broad SMARTS) is 1. The standard InChI is InChI=1S/C16H13F4NO2S2/c1-7-11(15(22)23)12(14-10(21-7)5-24-6-25-14)8-3-2-4-9(13(8)17)16(18,19)20/h2-4,12,21H,5-6H2,1H3,(H,22,23). The highest BCUT2D eigenvalue weighted by Crippen LogP contribution is 2.48. The summed E-state index contributed by atoms with van der Waals surface area (Å²) in [4.78, 5) is 12.3. The second-order valence-corrected chi connectivity index (χ2v) is 7.93. The molecule has 1 atom stereocenters. The van der Waals surface area contributed by atoms with Crippen LogP contribution in [0.3, 0.4) is 0 Å². The number of hydrogen-bond acceptors (Lipinski definition) is 4. The molecule has 1 aromatic carbocycles.